The van der Waals surface area contributed by atoms with E-state index in [2.05, 4.69) is 10.0 Å². The van der Waals surface area contributed by atoms with Gasteiger partial charge in [-0.2, -0.15) is 0 Å². The number of sulfonamides is 1. The summed E-state index contributed by atoms with van der Waals surface area (Å²) < 4.78 is 31.5. The van der Waals surface area contributed by atoms with Gasteiger partial charge in [-0.15, -0.1) is 0 Å². The van der Waals surface area contributed by atoms with Gasteiger partial charge >= 0.3 is 6.09 Å². The first kappa shape index (κ1) is 19.7. The second kappa shape index (κ2) is 9.20. The summed E-state index contributed by atoms with van der Waals surface area (Å²) in [4.78, 5) is 11.9. The zero-order chi connectivity index (χ0) is 18.3. The Morgan fingerprint density at radius 3 is 2.40 bits per heavy atom. The van der Waals surface area contributed by atoms with Crippen LogP contribution in [0.25, 0.3) is 0 Å². The summed E-state index contributed by atoms with van der Waals surface area (Å²) in [5, 5.41) is 2.49. The number of hydrogen-bond donors (Lipinski definition) is 2. The topological polar surface area (TPSA) is 84.5 Å². The number of alkyl carbamates (subject to hydrolysis) is 1. The fourth-order valence-electron chi connectivity index (χ4n) is 2.84. The third-order valence-corrected chi connectivity index (χ3v) is 6.39. The van der Waals surface area contributed by atoms with Crippen molar-refractivity contribution in [1.29, 1.82) is 0 Å². The first-order chi connectivity index (χ1) is 11.9. The van der Waals surface area contributed by atoms with E-state index < -0.39 is 21.4 Å². The summed E-state index contributed by atoms with van der Waals surface area (Å²) >= 11 is 0. The van der Waals surface area contributed by atoms with Crippen LogP contribution in [-0.2, 0) is 21.4 Å². The lowest BCUT2D eigenvalue weighted by molar-refractivity contribution is 0.131. The molecule has 0 heterocycles. The van der Waals surface area contributed by atoms with Crippen LogP contribution in [0.15, 0.2) is 30.3 Å². The number of carbonyl (C=O) groups excluding carboxylic acids is 1. The minimum atomic E-state index is -3.20. The minimum absolute atomic E-state index is 0.0984. The van der Waals surface area contributed by atoms with Crippen LogP contribution in [0, 0.1) is 5.92 Å². The number of amides is 1. The highest BCUT2D eigenvalue weighted by Gasteiger charge is 2.24. The molecule has 0 spiro atoms. The monoisotopic (exact) mass is 368 g/mol. The number of benzene rings is 1. The lowest BCUT2D eigenvalue weighted by atomic mass is 9.86. The van der Waals surface area contributed by atoms with Crippen molar-refractivity contribution in [2.24, 2.45) is 5.92 Å². The van der Waals surface area contributed by atoms with Crippen LogP contribution < -0.4 is 10.0 Å². The van der Waals surface area contributed by atoms with E-state index in [1.807, 2.05) is 30.3 Å². The largest absolute Gasteiger partial charge is 0.445 e. The summed E-state index contributed by atoms with van der Waals surface area (Å²) in [6.45, 7) is 4.08. The van der Waals surface area contributed by atoms with E-state index >= 15 is 0 Å². The third kappa shape index (κ3) is 6.66. The summed E-state index contributed by atoms with van der Waals surface area (Å²) in [7, 11) is -3.20. The Kier molecular flexibility index (Phi) is 7.25. The zero-order valence-electron chi connectivity index (χ0n) is 14.9. The summed E-state index contributed by atoms with van der Waals surface area (Å²) in [5.74, 6) is 0.326. The van der Waals surface area contributed by atoms with Gasteiger partial charge in [0.15, 0.2) is 0 Å². The quantitative estimate of drug-likeness (QED) is 0.775. The summed E-state index contributed by atoms with van der Waals surface area (Å²) in [6, 6.07) is 9.66. The maximum Gasteiger partial charge on any atom is 0.407 e. The van der Waals surface area contributed by atoms with Gasteiger partial charge < -0.3 is 10.1 Å². The lowest BCUT2D eigenvalue weighted by Crippen LogP contribution is -2.40. The van der Waals surface area contributed by atoms with E-state index in [4.69, 9.17) is 4.74 Å². The van der Waals surface area contributed by atoms with Crippen molar-refractivity contribution in [3.8, 4) is 0 Å². The first-order valence-corrected chi connectivity index (χ1v) is 10.4. The Balaban J connectivity index is 1.65. The fraction of sp³-hybridized carbons (Fsp3) is 0.611. The van der Waals surface area contributed by atoms with Crippen molar-refractivity contribution < 1.29 is 17.9 Å². The van der Waals surface area contributed by atoms with Crippen molar-refractivity contribution in [3.05, 3.63) is 35.9 Å². The number of hydrogen-bond acceptors (Lipinski definition) is 4. The van der Waals surface area contributed by atoms with Gasteiger partial charge in [0.25, 0.3) is 0 Å². The van der Waals surface area contributed by atoms with Gasteiger partial charge in [-0.05, 0) is 51.0 Å². The molecule has 0 radical (unpaired) electrons. The van der Waals surface area contributed by atoms with Crippen LogP contribution in [-0.4, -0.2) is 32.3 Å². The van der Waals surface area contributed by atoms with Gasteiger partial charge in [-0.25, -0.2) is 17.9 Å². The molecular formula is C18H28N2O4S. The van der Waals surface area contributed by atoms with Gasteiger partial charge in [0.1, 0.15) is 6.61 Å². The maximum absolute atomic E-state index is 11.9. The Morgan fingerprint density at radius 2 is 1.80 bits per heavy atom. The van der Waals surface area contributed by atoms with Gasteiger partial charge in [0, 0.05) is 12.6 Å². The van der Waals surface area contributed by atoms with Gasteiger partial charge in [-0.1, -0.05) is 30.3 Å². The Hall–Kier alpha value is -1.60. The van der Waals surface area contributed by atoms with Gasteiger partial charge in [0.05, 0.1) is 5.25 Å². The number of ether oxygens (including phenoxy) is 1. The predicted octanol–water partition coefficient (Wildman–Crippen LogP) is 2.80. The average molecular weight is 368 g/mol. The molecule has 1 saturated carbocycles. The smallest absolute Gasteiger partial charge is 0.407 e. The highest BCUT2D eigenvalue weighted by Crippen LogP contribution is 2.24. The standard InChI is InChI=1S/C18H28N2O4S/c1-14(2)25(22,23)19-12-15-8-10-17(11-9-15)20-18(21)24-13-16-6-4-3-5-7-16/h3-7,14-15,17,19H,8-13H2,1-2H3,(H,20,21). The molecular weight excluding hydrogens is 340 g/mol. The van der Waals surface area contributed by atoms with Crippen molar-refractivity contribution >= 4 is 16.1 Å². The van der Waals surface area contributed by atoms with Crippen LogP contribution in [0.1, 0.15) is 45.1 Å². The summed E-state index contributed by atoms with van der Waals surface area (Å²) in [5.41, 5.74) is 0.957. The molecule has 0 unspecified atom stereocenters. The number of rotatable bonds is 7. The van der Waals surface area contributed by atoms with Gasteiger partial charge in [0.2, 0.25) is 10.0 Å². The second-order valence-electron chi connectivity index (χ2n) is 6.87. The molecule has 1 aromatic rings. The lowest BCUT2D eigenvalue weighted by Gasteiger charge is -2.29. The number of nitrogens with one attached hydrogen (secondary N) is 2. The first-order valence-electron chi connectivity index (χ1n) is 8.82. The molecule has 25 heavy (non-hydrogen) atoms. The van der Waals surface area contributed by atoms with Crippen LogP contribution in [0.5, 0.6) is 0 Å². The number of carbonyl (C=O) groups is 1. The van der Waals surface area contributed by atoms with Crippen LogP contribution in [0.2, 0.25) is 0 Å². The van der Waals surface area contributed by atoms with E-state index in [1.54, 1.807) is 13.8 Å². The maximum atomic E-state index is 11.9. The van der Waals surface area contributed by atoms with Crippen LogP contribution in [0.3, 0.4) is 0 Å². The van der Waals surface area contributed by atoms with E-state index in [0.717, 1.165) is 31.2 Å². The minimum Gasteiger partial charge on any atom is -0.445 e. The van der Waals surface area contributed by atoms with E-state index in [-0.39, 0.29) is 12.6 Å². The highest BCUT2D eigenvalue weighted by atomic mass is 32.2. The molecule has 0 aromatic heterocycles. The predicted molar refractivity (Wildman–Crippen MR) is 97.6 cm³/mol. The highest BCUT2D eigenvalue weighted by molar-refractivity contribution is 7.90. The van der Waals surface area contributed by atoms with E-state index in [9.17, 15) is 13.2 Å². The molecule has 1 fully saturated rings. The van der Waals surface area contributed by atoms with Crippen LogP contribution >= 0.6 is 0 Å². The Labute approximate surface area is 150 Å². The van der Waals surface area contributed by atoms with Crippen molar-refractivity contribution in [1.82, 2.24) is 10.0 Å². The van der Waals surface area contributed by atoms with Crippen molar-refractivity contribution in [2.45, 2.75) is 57.4 Å². The molecule has 2 rings (SSSR count). The third-order valence-electron chi connectivity index (χ3n) is 4.58. The van der Waals surface area contributed by atoms with E-state index in [0.29, 0.717) is 12.5 Å². The average Bonchev–Trinajstić information content (AvgIpc) is 2.60. The van der Waals surface area contributed by atoms with E-state index in [1.165, 1.54) is 0 Å². The second-order valence-corrected chi connectivity index (χ2v) is 9.19. The molecule has 1 aliphatic rings. The van der Waals surface area contributed by atoms with Crippen molar-refractivity contribution in [2.75, 3.05) is 6.54 Å². The summed E-state index contributed by atoms with van der Waals surface area (Å²) in [6.07, 6.45) is 3.07. The molecule has 0 aliphatic heterocycles. The molecule has 1 aromatic carbocycles. The SMILES string of the molecule is CC(C)S(=O)(=O)NCC1CCC(NC(=O)OCc2ccccc2)CC1. The molecule has 0 saturated heterocycles. The molecule has 1 amide bonds. The molecule has 6 nitrogen and oxygen atoms in total. The van der Waals surface area contributed by atoms with Crippen molar-refractivity contribution in [3.63, 3.8) is 0 Å². The molecule has 1 aliphatic carbocycles. The molecule has 140 valence electrons. The Morgan fingerprint density at radius 1 is 1.16 bits per heavy atom. The normalized spacial score (nSPS) is 21.1. The fourth-order valence-corrected chi connectivity index (χ4v) is 3.64. The van der Waals surface area contributed by atoms with Crippen LogP contribution in [0.4, 0.5) is 4.79 Å². The Bertz CT molecular complexity index is 638. The molecule has 7 heteroatoms. The zero-order valence-corrected chi connectivity index (χ0v) is 15.7. The molecule has 0 atom stereocenters. The molecule has 2 N–H and O–H groups in total. The molecule has 0 bridgehead atoms. The van der Waals surface area contributed by atoms with Gasteiger partial charge in [-0.3, -0.25) is 0 Å².